The molecule has 2 unspecified atom stereocenters. The Morgan fingerprint density at radius 2 is 1.64 bits per heavy atom. The fourth-order valence-electron chi connectivity index (χ4n) is 3.35. The van der Waals surface area contributed by atoms with Crippen LogP contribution in [0.4, 0.5) is 0 Å². The molecule has 136 valence electrons. The van der Waals surface area contributed by atoms with Crippen LogP contribution in [0.15, 0.2) is 30.3 Å². The molecule has 1 aromatic rings. The van der Waals surface area contributed by atoms with Crippen LogP contribution >= 0.6 is 0 Å². The molecule has 25 heavy (non-hydrogen) atoms. The third-order valence-corrected chi connectivity index (χ3v) is 4.70. The molecular formula is C19H26N2O4. The Balaban J connectivity index is 1.53. The van der Waals surface area contributed by atoms with E-state index in [1.165, 1.54) is 0 Å². The molecule has 2 saturated heterocycles. The summed E-state index contributed by atoms with van der Waals surface area (Å²) in [5.74, 6) is 0.0651. The Labute approximate surface area is 148 Å². The summed E-state index contributed by atoms with van der Waals surface area (Å²) >= 11 is 0. The van der Waals surface area contributed by atoms with Gasteiger partial charge in [-0.05, 0) is 12.5 Å². The predicted molar refractivity (Wildman–Crippen MR) is 92.9 cm³/mol. The normalized spacial score (nSPS) is 24.2. The van der Waals surface area contributed by atoms with Gasteiger partial charge in [0.25, 0.3) is 0 Å². The van der Waals surface area contributed by atoms with Crippen LogP contribution in [0, 0.1) is 0 Å². The molecule has 0 bridgehead atoms. The fourth-order valence-corrected chi connectivity index (χ4v) is 3.35. The largest absolute Gasteiger partial charge is 0.378 e. The number of benzene rings is 1. The summed E-state index contributed by atoms with van der Waals surface area (Å²) < 4.78 is 11.2. The highest BCUT2D eigenvalue weighted by atomic mass is 16.5. The molecule has 6 heteroatoms. The molecule has 0 aliphatic carbocycles. The Bertz CT molecular complexity index is 586. The van der Waals surface area contributed by atoms with Crippen molar-refractivity contribution in [3.8, 4) is 0 Å². The van der Waals surface area contributed by atoms with E-state index in [2.05, 4.69) is 0 Å². The zero-order valence-electron chi connectivity index (χ0n) is 14.7. The average molecular weight is 346 g/mol. The molecule has 1 aromatic carbocycles. The zero-order valence-corrected chi connectivity index (χ0v) is 14.7. The highest BCUT2D eigenvalue weighted by molar-refractivity contribution is 5.84. The third kappa shape index (κ3) is 4.80. The lowest BCUT2D eigenvalue weighted by Gasteiger charge is -2.37. The van der Waals surface area contributed by atoms with Crippen molar-refractivity contribution in [3.63, 3.8) is 0 Å². The minimum Gasteiger partial charge on any atom is -0.378 e. The van der Waals surface area contributed by atoms with Crippen molar-refractivity contribution in [1.29, 1.82) is 0 Å². The second-order valence-electron chi connectivity index (χ2n) is 6.64. The predicted octanol–water partition coefficient (Wildman–Crippen LogP) is 1.61. The van der Waals surface area contributed by atoms with Crippen LogP contribution in [0.25, 0.3) is 0 Å². The maximum Gasteiger partial charge on any atom is 0.223 e. The van der Waals surface area contributed by atoms with Gasteiger partial charge in [-0.3, -0.25) is 9.59 Å². The lowest BCUT2D eigenvalue weighted by Crippen LogP contribution is -2.46. The van der Waals surface area contributed by atoms with Crippen molar-refractivity contribution in [3.05, 3.63) is 35.9 Å². The minimum atomic E-state index is -0.108. The maximum atomic E-state index is 12.6. The third-order valence-electron chi connectivity index (χ3n) is 4.70. The van der Waals surface area contributed by atoms with Gasteiger partial charge in [-0.2, -0.15) is 0 Å². The number of nitrogens with zero attached hydrogens (tertiary/aromatic N) is 2. The molecule has 0 spiro atoms. The highest BCUT2D eigenvalue weighted by Gasteiger charge is 2.29. The van der Waals surface area contributed by atoms with Gasteiger partial charge in [0.2, 0.25) is 11.8 Å². The van der Waals surface area contributed by atoms with E-state index in [0.29, 0.717) is 39.4 Å². The van der Waals surface area contributed by atoms with E-state index in [0.717, 1.165) is 5.56 Å². The van der Waals surface area contributed by atoms with Crippen LogP contribution in [0.5, 0.6) is 0 Å². The quantitative estimate of drug-likeness (QED) is 0.831. The molecular weight excluding hydrogens is 320 g/mol. The summed E-state index contributed by atoms with van der Waals surface area (Å²) in [6.07, 6.45) is 0.395. The first-order valence-electron chi connectivity index (χ1n) is 8.97. The molecule has 2 fully saturated rings. The summed E-state index contributed by atoms with van der Waals surface area (Å²) in [6.45, 7) is 5.51. The zero-order chi connectivity index (χ0) is 17.6. The van der Waals surface area contributed by atoms with Gasteiger partial charge in [-0.1, -0.05) is 30.3 Å². The van der Waals surface area contributed by atoms with Crippen molar-refractivity contribution < 1.29 is 19.1 Å². The van der Waals surface area contributed by atoms with Gasteiger partial charge < -0.3 is 19.3 Å². The van der Waals surface area contributed by atoms with Crippen LogP contribution < -0.4 is 0 Å². The molecule has 0 radical (unpaired) electrons. The van der Waals surface area contributed by atoms with Gasteiger partial charge in [0.1, 0.15) is 6.10 Å². The number of ether oxygens (including phenoxy) is 2. The number of carbonyl (C=O) groups is 2. The van der Waals surface area contributed by atoms with Gasteiger partial charge >= 0.3 is 0 Å². The Morgan fingerprint density at radius 3 is 2.32 bits per heavy atom. The SMILES string of the molecule is CC1CN(C(=O)CCC(=O)N2CCOCC2)CC(c2ccccc2)O1. The first-order chi connectivity index (χ1) is 12.1. The van der Waals surface area contributed by atoms with Crippen molar-refractivity contribution in [2.45, 2.75) is 32.0 Å². The van der Waals surface area contributed by atoms with E-state index in [4.69, 9.17) is 9.47 Å². The fraction of sp³-hybridized carbons (Fsp3) is 0.579. The van der Waals surface area contributed by atoms with Gasteiger partial charge in [0, 0.05) is 32.5 Å². The Morgan fingerprint density at radius 1 is 1.00 bits per heavy atom. The molecule has 0 aromatic heterocycles. The first-order valence-corrected chi connectivity index (χ1v) is 8.97. The number of amides is 2. The molecule has 0 N–H and O–H groups in total. The lowest BCUT2D eigenvalue weighted by atomic mass is 10.1. The van der Waals surface area contributed by atoms with Crippen LogP contribution in [-0.2, 0) is 19.1 Å². The van der Waals surface area contributed by atoms with Gasteiger partial charge in [0.05, 0.1) is 25.9 Å². The summed E-state index contributed by atoms with van der Waals surface area (Å²) in [6, 6.07) is 9.97. The Kier molecular flexibility index (Phi) is 6.04. The second-order valence-corrected chi connectivity index (χ2v) is 6.64. The number of hydrogen-bond acceptors (Lipinski definition) is 4. The van der Waals surface area contributed by atoms with Gasteiger partial charge in [-0.25, -0.2) is 0 Å². The molecule has 2 heterocycles. The molecule has 2 amide bonds. The maximum absolute atomic E-state index is 12.6. The summed E-state index contributed by atoms with van der Waals surface area (Å²) in [5, 5.41) is 0. The smallest absolute Gasteiger partial charge is 0.223 e. The van der Waals surface area contributed by atoms with E-state index in [1.54, 1.807) is 4.90 Å². The van der Waals surface area contributed by atoms with Crippen LogP contribution in [0.3, 0.4) is 0 Å². The molecule has 0 saturated carbocycles. The van der Waals surface area contributed by atoms with Crippen molar-refractivity contribution in [2.24, 2.45) is 0 Å². The lowest BCUT2D eigenvalue weighted by molar-refractivity contribution is -0.147. The number of hydrogen-bond donors (Lipinski definition) is 0. The number of rotatable bonds is 4. The summed E-state index contributed by atoms with van der Waals surface area (Å²) in [7, 11) is 0. The average Bonchev–Trinajstić information content (AvgIpc) is 2.66. The molecule has 6 nitrogen and oxygen atoms in total. The van der Waals surface area contributed by atoms with E-state index in [9.17, 15) is 9.59 Å². The van der Waals surface area contributed by atoms with Crippen molar-refractivity contribution in [1.82, 2.24) is 9.80 Å². The van der Waals surface area contributed by atoms with E-state index < -0.39 is 0 Å². The van der Waals surface area contributed by atoms with Crippen molar-refractivity contribution in [2.75, 3.05) is 39.4 Å². The van der Waals surface area contributed by atoms with Crippen LogP contribution in [0.2, 0.25) is 0 Å². The minimum absolute atomic E-state index is 0.0159. The first kappa shape index (κ1) is 17.9. The topological polar surface area (TPSA) is 59.1 Å². The standard InChI is InChI=1S/C19H26N2O4/c1-15-13-21(14-17(25-15)16-5-3-2-4-6-16)19(23)8-7-18(22)20-9-11-24-12-10-20/h2-6,15,17H,7-14H2,1H3. The van der Waals surface area contributed by atoms with Crippen molar-refractivity contribution >= 4 is 11.8 Å². The highest BCUT2D eigenvalue weighted by Crippen LogP contribution is 2.25. The molecule has 2 aliphatic heterocycles. The Hall–Kier alpha value is -1.92. The second kappa shape index (κ2) is 8.45. The number of carbonyl (C=O) groups excluding carboxylic acids is 2. The van der Waals surface area contributed by atoms with Gasteiger partial charge in [0.15, 0.2) is 0 Å². The summed E-state index contributed by atoms with van der Waals surface area (Å²) in [5.41, 5.74) is 1.08. The summed E-state index contributed by atoms with van der Waals surface area (Å²) in [4.78, 5) is 28.4. The van der Waals surface area contributed by atoms with Gasteiger partial charge in [-0.15, -0.1) is 0 Å². The molecule has 2 atom stereocenters. The monoisotopic (exact) mass is 346 g/mol. The van der Waals surface area contributed by atoms with E-state index >= 15 is 0 Å². The molecule has 2 aliphatic rings. The number of morpholine rings is 2. The van der Waals surface area contributed by atoms with E-state index in [-0.39, 0.29) is 36.9 Å². The van der Waals surface area contributed by atoms with E-state index in [1.807, 2.05) is 42.2 Å². The van der Waals surface area contributed by atoms with Crippen LogP contribution in [-0.4, -0.2) is 67.1 Å². The van der Waals surface area contributed by atoms with Crippen LogP contribution in [0.1, 0.15) is 31.4 Å². The molecule has 3 rings (SSSR count).